The standard InChI is InChI=1S/C12H10N4/c1-9(4-5-13)16-12-3-2-10(7-14)11(6-12)8-15/h2-3,6,9,16H,4H2,1H3. The van der Waals surface area contributed by atoms with E-state index in [-0.39, 0.29) is 6.04 Å². The van der Waals surface area contributed by atoms with Crippen LogP contribution in [-0.2, 0) is 0 Å². The van der Waals surface area contributed by atoms with Crippen LogP contribution in [0.4, 0.5) is 5.69 Å². The highest BCUT2D eigenvalue weighted by Crippen LogP contribution is 2.15. The number of rotatable bonds is 3. The van der Waals surface area contributed by atoms with E-state index in [9.17, 15) is 0 Å². The number of nitrogens with one attached hydrogen (secondary N) is 1. The van der Waals surface area contributed by atoms with E-state index in [4.69, 9.17) is 15.8 Å². The molecule has 0 aliphatic carbocycles. The van der Waals surface area contributed by atoms with E-state index < -0.39 is 0 Å². The Balaban J connectivity index is 2.90. The molecule has 0 saturated carbocycles. The third kappa shape index (κ3) is 2.74. The minimum absolute atomic E-state index is 0.0180. The van der Waals surface area contributed by atoms with Crippen LogP contribution in [0.1, 0.15) is 24.5 Å². The first kappa shape index (κ1) is 11.6. The molecule has 0 radical (unpaired) electrons. The highest BCUT2D eigenvalue weighted by molar-refractivity contribution is 5.56. The quantitative estimate of drug-likeness (QED) is 0.828. The van der Waals surface area contributed by atoms with E-state index in [1.54, 1.807) is 18.2 Å². The number of nitriles is 3. The summed E-state index contributed by atoms with van der Waals surface area (Å²) in [7, 11) is 0. The maximum absolute atomic E-state index is 8.83. The molecule has 0 heterocycles. The summed E-state index contributed by atoms with van der Waals surface area (Å²) in [6, 6.07) is 10.9. The van der Waals surface area contributed by atoms with E-state index in [1.807, 2.05) is 19.1 Å². The second-order valence-electron chi connectivity index (χ2n) is 3.39. The normalized spacial score (nSPS) is 10.6. The molecule has 4 heteroatoms. The average Bonchev–Trinajstić information content (AvgIpc) is 2.29. The molecule has 0 aliphatic rings. The number of benzene rings is 1. The van der Waals surface area contributed by atoms with E-state index in [0.717, 1.165) is 5.69 Å². The highest BCUT2D eigenvalue weighted by atomic mass is 14.9. The zero-order valence-corrected chi connectivity index (χ0v) is 8.86. The van der Waals surface area contributed by atoms with Crippen LogP contribution in [0.5, 0.6) is 0 Å². The molecule has 1 rings (SSSR count). The lowest BCUT2D eigenvalue weighted by molar-refractivity contribution is 0.821. The Morgan fingerprint density at radius 3 is 2.44 bits per heavy atom. The van der Waals surface area contributed by atoms with Crippen LogP contribution in [0.3, 0.4) is 0 Å². The summed E-state index contributed by atoms with van der Waals surface area (Å²) in [5, 5.41) is 29.2. The first-order valence-electron chi connectivity index (χ1n) is 4.79. The molecule has 1 aromatic carbocycles. The molecule has 1 unspecified atom stereocenters. The van der Waals surface area contributed by atoms with Gasteiger partial charge in [-0.3, -0.25) is 0 Å². The molecule has 0 fully saturated rings. The van der Waals surface area contributed by atoms with Gasteiger partial charge >= 0.3 is 0 Å². The van der Waals surface area contributed by atoms with Crippen molar-refractivity contribution in [1.82, 2.24) is 0 Å². The average molecular weight is 210 g/mol. The van der Waals surface area contributed by atoms with Gasteiger partial charge in [0, 0.05) is 11.7 Å². The topological polar surface area (TPSA) is 83.4 Å². The lowest BCUT2D eigenvalue weighted by atomic mass is 10.1. The number of hydrogen-bond acceptors (Lipinski definition) is 4. The summed E-state index contributed by atoms with van der Waals surface area (Å²) < 4.78 is 0. The molecule has 0 aliphatic heterocycles. The van der Waals surface area contributed by atoms with Crippen LogP contribution in [0.25, 0.3) is 0 Å². The van der Waals surface area contributed by atoms with Crippen molar-refractivity contribution in [3.8, 4) is 18.2 Å². The second-order valence-corrected chi connectivity index (χ2v) is 3.39. The van der Waals surface area contributed by atoms with E-state index in [0.29, 0.717) is 17.5 Å². The molecular weight excluding hydrogens is 200 g/mol. The molecule has 16 heavy (non-hydrogen) atoms. The monoisotopic (exact) mass is 210 g/mol. The maximum atomic E-state index is 8.83. The zero-order valence-electron chi connectivity index (χ0n) is 8.86. The minimum Gasteiger partial charge on any atom is -0.382 e. The first-order valence-corrected chi connectivity index (χ1v) is 4.79. The summed E-state index contributed by atoms with van der Waals surface area (Å²) in [6.45, 7) is 1.88. The summed E-state index contributed by atoms with van der Waals surface area (Å²) in [5.41, 5.74) is 1.45. The van der Waals surface area contributed by atoms with E-state index in [2.05, 4.69) is 11.4 Å². The van der Waals surface area contributed by atoms with Gasteiger partial charge in [0.15, 0.2) is 0 Å². The third-order valence-electron chi connectivity index (χ3n) is 2.07. The Bertz CT molecular complexity index is 499. The molecular formula is C12H10N4. The van der Waals surface area contributed by atoms with Crippen molar-refractivity contribution in [3.05, 3.63) is 29.3 Å². The lowest BCUT2D eigenvalue weighted by Crippen LogP contribution is -2.14. The minimum atomic E-state index is 0.0180. The summed E-state index contributed by atoms with van der Waals surface area (Å²) in [5.74, 6) is 0. The molecule has 0 amide bonds. The zero-order chi connectivity index (χ0) is 12.0. The van der Waals surface area contributed by atoms with Crippen molar-refractivity contribution in [3.63, 3.8) is 0 Å². The van der Waals surface area contributed by atoms with Gasteiger partial charge in [0.1, 0.15) is 12.1 Å². The molecule has 4 nitrogen and oxygen atoms in total. The molecule has 1 N–H and O–H groups in total. The van der Waals surface area contributed by atoms with Gasteiger partial charge in [-0.25, -0.2) is 0 Å². The van der Waals surface area contributed by atoms with Crippen molar-refractivity contribution in [2.45, 2.75) is 19.4 Å². The summed E-state index contributed by atoms with van der Waals surface area (Å²) in [6.07, 6.45) is 0.391. The molecule has 0 aromatic heterocycles. The summed E-state index contributed by atoms with van der Waals surface area (Å²) in [4.78, 5) is 0. The molecule has 1 atom stereocenters. The fourth-order valence-electron chi connectivity index (χ4n) is 1.30. The van der Waals surface area contributed by atoms with Crippen molar-refractivity contribution < 1.29 is 0 Å². The lowest BCUT2D eigenvalue weighted by Gasteiger charge is -2.12. The van der Waals surface area contributed by atoms with Gasteiger partial charge in [-0.05, 0) is 25.1 Å². The Labute approximate surface area is 94.3 Å². The van der Waals surface area contributed by atoms with E-state index >= 15 is 0 Å². The van der Waals surface area contributed by atoms with Gasteiger partial charge < -0.3 is 5.32 Å². The van der Waals surface area contributed by atoms with Crippen LogP contribution in [-0.4, -0.2) is 6.04 Å². The fraction of sp³-hybridized carbons (Fsp3) is 0.250. The smallest absolute Gasteiger partial charge is 0.101 e. The van der Waals surface area contributed by atoms with Crippen LogP contribution >= 0.6 is 0 Å². The molecule has 78 valence electrons. The number of nitrogens with zero attached hydrogens (tertiary/aromatic N) is 3. The van der Waals surface area contributed by atoms with Crippen LogP contribution in [0.15, 0.2) is 18.2 Å². The number of anilines is 1. The van der Waals surface area contributed by atoms with Gasteiger partial charge in [0.05, 0.1) is 23.6 Å². The Morgan fingerprint density at radius 2 is 1.88 bits per heavy atom. The Morgan fingerprint density at radius 1 is 1.19 bits per heavy atom. The molecule has 0 bridgehead atoms. The van der Waals surface area contributed by atoms with Gasteiger partial charge in [-0.1, -0.05) is 0 Å². The van der Waals surface area contributed by atoms with Crippen LogP contribution < -0.4 is 5.32 Å². The van der Waals surface area contributed by atoms with Gasteiger partial charge in [0.25, 0.3) is 0 Å². The van der Waals surface area contributed by atoms with E-state index in [1.165, 1.54) is 0 Å². The Hall–Kier alpha value is -2.51. The fourth-order valence-corrected chi connectivity index (χ4v) is 1.30. The highest BCUT2D eigenvalue weighted by Gasteiger charge is 2.05. The first-order chi connectivity index (χ1) is 7.71. The van der Waals surface area contributed by atoms with Crippen molar-refractivity contribution in [1.29, 1.82) is 15.8 Å². The SMILES string of the molecule is CC(CC#N)Nc1ccc(C#N)c(C#N)c1. The van der Waals surface area contributed by atoms with Gasteiger partial charge in [0.2, 0.25) is 0 Å². The van der Waals surface area contributed by atoms with Crippen LogP contribution in [0, 0.1) is 34.0 Å². The Kier molecular flexibility index (Phi) is 3.90. The molecule has 0 saturated heterocycles. The third-order valence-corrected chi connectivity index (χ3v) is 2.07. The second kappa shape index (κ2) is 5.39. The van der Waals surface area contributed by atoms with Crippen molar-refractivity contribution >= 4 is 5.69 Å². The van der Waals surface area contributed by atoms with Crippen molar-refractivity contribution in [2.75, 3.05) is 5.32 Å². The van der Waals surface area contributed by atoms with Gasteiger partial charge in [-0.15, -0.1) is 0 Å². The van der Waals surface area contributed by atoms with Crippen LogP contribution in [0.2, 0.25) is 0 Å². The number of hydrogen-bond donors (Lipinski definition) is 1. The maximum Gasteiger partial charge on any atom is 0.101 e. The predicted molar refractivity (Wildman–Crippen MR) is 59.2 cm³/mol. The predicted octanol–water partition coefficient (Wildman–Crippen LogP) is 2.14. The van der Waals surface area contributed by atoms with Gasteiger partial charge in [-0.2, -0.15) is 15.8 Å². The largest absolute Gasteiger partial charge is 0.382 e. The summed E-state index contributed by atoms with van der Waals surface area (Å²) >= 11 is 0. The molecule has 0 spiro atoms. The molecule has 1 aromatic rings. The van der Waals surface area contributed by atoms with Crippen molar-refractivity contribution in [2.24, 2.45) is 0 Å².